The van der Waals surface area contributed by atoms with Crippen LogP contribution in [0.2, 0.25) is 0 Å². The summed E-state index contributed by atoms with van der Waals surface area (Å²) in [6.45, 7) is 5.43. The topological polar surface area (TPSA) is 335 Å². The number of aromatic hydroxyl groups is 2. The molecule has 0 amide bonds. The number of carbonyl (C=O) groups excluding carboxylic acids is 3. The summed E-state index contributed by atoms with van der Waals surface area (Å²) in [7, 11) is 0. The van der Waals surface area contributed by atoms with E-state index in [2.05, 4.69) is 0 Å². The second-order valence-corrected chi connectivity index (χ2v) is 17.0. The van der Waals surface area contributed by atoms with E-state index >= 15 is 0 Å². The van der Waals surface area contributed by atoms with Gasteiger partial charge in [0.25, 0.3) is 0 Å². The number of hydrogen-bond acceptors (Lipinski definition) is 20. The molecule has 1 saturated carbocycles. The van der Waals surface area contributed by atoms with E-state index in [-0.39, 0.29) is 17.1 Å². The molecular weight excluding hydrogens is 913 g/mol. The van der Waals surface area contributed by atoms with Crippen LogP contribution in [-0.4, -0.2) is 167 Å². The van der Waals surface area contributed by atoms with Gasteiger partial charge in [0.05, 0.1) is 19.3 Å². The third kappa shape index (κ3) is 14.1. The lowest BCUT2D eigenvalue weighted by Crippen LogP contribution is -2.60. The van der Waals surface area contributed by atoms with Gasteiger partial charge in [0.2, 0.25) is 12.0 Å². The molecule has 0 aromatic heterocycles. The van der Waals surface area contributed by atoms with Gasteiger partial charge in [-0.3, -0.25) is 0 Å². The minimum atomic E-state index is -2.37. The van der Waals surface area contributed by atoms with E-state index in [1.54, 1.807) is 49.5 Å². The first-order valence-electron chi connectivity index (χ1n) is 21.8. The average Bonchev–Trinajstić information content (AvgIpc) is 3.30. The van der Waals surface area contributed by atoms with Crippen LogP contribution in [0.4, 0.5) is 0 Å². The molecule has 4 unspecified atom stereocenters. The maximum absolute atomic E-state index is 12.9. The van der Waals surface area contributed by atoms with Gasteiger partial charge in [0.15, 0.2) is 29.5 Å². The summed E-state index contributed by atoms with van der Waals surface area (Å²) < 4.78 is 38.7. The van der Waals surface area contributed by atoms with E-state index in [1.807, 2.05) is 6.92 Å². The Morgan fingerprint density at radius 3 is 2.07 bits per heavy atom. The number of fused-ring (bicyclic) bond motifs is 1. The number of esters is 3. The molecule has 0 radical (unpaired) electrons. The fourth-order valence-electron chi connectivity index (χ4n) is 7.42. The Kier molecular flexibility index (Phi) is 18.8. The number of hydrogen-bond donors (Lipinski definition) is 10. The van der Waals surface area contributed by atoms with Crippen LogP contribution in [0.1, 0.15) is 46.1 Å². The Bertz CT molecular complexity index is 2270. The Morgan fingerprint density at radius 2 is 1.42 bits per heavy atom. The SMILES string of the molecule is CC(=C/C=C/C=C(C)/C=C/C=C(\C)C(=O)O[C@@H]1OC(COC2OC(CO)[C@@H](O)[C@H](O)[C@@H]2O)[C@@H](O)[C@H](O)C1C)/C=C/C=C1\O[C@H]2C[C@](O)(C(=O)O)C[C@@H](OC(=O)/C=C/c3ccc(O)c(O)c3)[C@@H]2OC1=O. The molecule has 3 heterocycles. The molecule has 1 aromatic carbocycles. The molecule has 0 spiro atoms. The normalized spacial score (nSPS) is 34.2. The van der Waals surface area contributed by atoms with Crippen molar-refractivity contribution in [2.75, 3.05) is 13.2 Å². The highest BCUT2D eigenvalue weighted by Crippen LogP contribution is 2.38. The van der Waals surface area contributed by atoms with Crippen molar-refractivity contribution in [3.8, 4) is 11.5 Å². The lowest BCUT2D eigenvalue weighted by molar-refractivity contribution is -0.321. The molecule has 3 saturated heterocycles. The predicted octanol–water partition coefficient (Wildman–Crippen LogP) is 0.777. The molecule has 5 rings (SSSR count). The molecule has 4 fully saturated rings. The van der Waals surface area contributed by atoms with Gasteiger partial charge < -0.3 is 84.2 Å². The molecular formula is C48H58O21. The monoisotopic (exact) mass is 970 g/mol. The third-order valence-corrected chi connectivity index (χ3v) is 11.6. The smallest absolute Gasteiger partial charge is 0.374 e. The quantitative estimate of drug-likeness (QED) is 0.0360. The van der Waals surface area contributed by atoms with Crippen molar-refractivity contribution in [3.63, 3.8) is 0 Å². The van der Waals surface area contributed by atoms with Crippen molar-refractivity contribution in [1.29, 1.82) is 0 Å². The van der Waals surface area contributed by atoms with Crippen molar-refractivity contribution in [2.45, 2.75) is 120 Å². The summed E-state index contributed by atoms with van der Waals surface area (Å²) in [5.74, 6) is -6.14. The Balaban J connectivity index is 1.11. The fourth-order valence-corrected chi connectivity index (χ4v) is 7.42. The van der Waals surface area contributed by atoms with Crippen molar-refractivity contribution in [3.05, 3.63) is 113 Å². The van der Waals surface area contributed by atoms with Gasteiger partial charge in [-0.05, 0) is 50.6 Å². The summed E-state index contributed by atoms with van der Waals surface area (Å²) in [6.07, 6.45) is 0.514. The molecule has 376 valence electrons. The summed E-state index contributed by atoms with van der Waals surface area (Å²) in [5, 5.41) is 101. The largest absolute Gasteiger partial charge is 0.504 e. The molecule has 21 nitrogen and oxygen atoms in total. The number of ether oxygens (including phenoxy) is 7. The van der Waals surface area contributed by atoms with Gasteiger partial charge >= 0.3 is 23.9 Å². The Labute approximate surface area is 396 Å². The van der Waals surface area contributed by atoms with E-state index < -0.39 is 141 Å². The first kappa shape index (κ1) is 54.0. The standard InChI is InChI=1S/C48H58O21/c1-24(11-7-13-26(3)43(58)69-45-27(4)37(53)39(55)35(67-45)23-63-46-41(57)40(56)38(54)34(22-49)66-46)9-5-6-10-25(2)12-8-14-31-44(59)68-42-32(64-31)20-48(62,47(60)61)21-33(42)65-36(52)18-16-28-15-17-29(50)30(51)19-28/h5-19,27,32-35,37-42,45-46,49-51,53-57,62H,20-23H2,1-4H3,(H,60,61)/b6-5+,11-7+,12-8+,18-16+,24-9+,25-10-,26-13+,31-14-/t27?,32-,33+,34?,35?,37+,38+,39+,40-,41-,42+,45-,46?,48+/m0/s1. The summed E-state index contributed by atoms with van der Waals surface area (Å²) in [4.78, 5) is 50.6. The Morgan fingerprint density at radius 1 is 0.768 bits per heavy atom. The number of aliphatic hydroxyl groups excluding tert-OH is 6. The fraction of sp³-hybridized carbons (Fsp3) is 0.458. The summed E-state index contributed by atoms with van der Waals surface area (Å²) >= 11 is 0. The number of phenols is 2. The van der Waals surface area contributed by atoms with Crippen molar-refractivity contribution in [1.82, 2.24) is 0 Å². The lowest BCUT2D eigenvalue weighted by atomic mass is 9.79. The van der Waals surface area contributed by atoms with Gasteiger partial charge in [0.1, 0.15) is 48.8 Å². The molecule has 14 atom stereocenters. The molecule has 0 bridgehead atoms. The summed E-state index contributed by atoms with van der Waals surface area (Å²) in [5.41, 5.74) is -0.319. The zero-order chi connectivity index (χ0) is 50.7. The predicted molar refractivity (Wildman–Crippen MR) is 238 cm³/mol. The van der Waals surface area contributed by atoms with E-state index in [9.17, 15) is 70.2 Å². The number of phenolic OH excluding ortho intramolecular Hbond substituents is 2. The molecule has 21 heteroatoms. The van der Waals surface area contributed by atoms with E-state index in [0.717, 1.165) is 17.2 Å². The van der Waals surface area contributed by atoms with Crippen molar-refractivity contribution >= 4 is 30.0 Å². The van der Waals surface area contributed by atoms with E-state index in [4.69, 9.17) is 33.2 Å². The second-order valence-electron chi connectivity index (χ2n) is 17.0. The van der Waals surface area contributed by atoms with Crippen LogP contribution in [0.15, 0.2) is 108 Å². The van der Waals surface area contributed by atoms with Crippen LogP contribution in [0.3, 0.4) is 0 Å². The number of carboxylic acid groups (broad SMARTS) is 1. The second kappa shape index (κ2) is 24.0. The van der Waals surface area contributed by atoms with Crippen LogP contribution < -0.4 is 0 Å². The number of rotatable bonds is 16. The van der Waals surface area contributed by atoms with Gasteiger partial charge in [0, 0.05) is 30.4 Å². The minimum absolute atomic E-state index is 0.179. The number of aliphatic hydroxyl groups is 7. The van der Waals surface area contributed by atoms with Crippen LogP contribution >= 0.6 is 0 Å². The maximum Gasteiger partial charge on any atom is 0.374 e. The van der Waals surface area contributed by atoms with Crippen LogP contribution in [0, 0.1) is 5.92 Å². The van der Waals surface area contributed by atoms with Crippen LogP contribution in [0.25, 0.3) is 6.08 Å². The number of carbonyl (C=O) groups is 4. The molecule has 1 aromatic rings. The minimum Gasteiger partial charge on any atom is -0.504 e. The lowest BCUT2D eigenvalue weighted by Gasteiger charge is -2.44. The average molecular weight is 971 g/mol. The van der Waals surface area contributed by atoms with Gasteiger partial charge in [-0.2, -0.15) is 0 Å². The molecule has 3 aliphatic heterocycles. The zero-order valence-electron chi connectivity index (χ0n) is 38.0. The highest BCUT2D eigenvalue weighted by molar-refractivity contribution is 5.89. The van der Waals surface area contributed by atoms with Crippen LogP contribution in [-0.2, 0) is 52.3 Å². The first-order chi connectivity index (χ1) is 32.6. The van der Waals surface area contributed by atoms with E-state index in [0.29, 0.717) is 5.56 Å². The summed E-state index contributed by atoms with van der Waals surface area (Å²) in [6, 6.07) is 3.82. The molecule has 1 aliphatic carbocycles. The van der Waals surface area contributed by atoms with Gasteiger partial charge in [-0.25, -0.2) is 19.2 Å². The molecule has 4 aliphatic rings. The number of benzene rings is 1. The maximum atomic E-state index is 12.9. The van der Waals surface area contributed by atoms with Gasteiger partial charge in [-0.1, -0.05) is 78.8 Å². The molecule has 10 N–H and O–H groups in total. The highest BCUT2D eigenvalue weighted by Gasteiger charge is 2.56. The van der Waals surface area contributed by atoms with Crippen molar-refractivity contribution < 1.29 is 103 Å². The zero-order valence-corrected chi connectivity index (χ0v) is 38.0. The first-order valence-corrected chi connectivity index (χ1v) is 21.8. The van der Waals surface area contributed by atoms with Gasteiger partial charge in [-0.15, -0.1) is 0 Å². The number of carboxylic acids is 1. The molecule has 69 heavy (non-hydrogen) atoms. The van der Waals surface area contributed by atoms with Crippen LogP contribution in [0.5, 0.6) is 11.5 Å². The third-order valence-electron chi connectivity index (χ3n) is 11.6. The number of allylic oxidation sites excluding steroid dienone is 12. The van der Waals surface area contributed by atoms with E-state index in [1.165, 1.54) is 56.4 Å². The Hall–Kier alpha value is -5.98. The highest BCUT2D eigenvalue weighted by atomic mass is 16.7. The van der Waals surface area contributed by atoms with Crippen molar-refractivity contribution in [2.24, 2.45) is 5.92 Å². The number of aliphatic carboxylic acids is 1.